The van der Waals surface area contributed by atoms with Crippen LogP contribution in [0.25, 0.3) is 0 Å². The second-order valence-electron chi connectivity index (χ2n) is 4.40. The number of hydrogen-bond donors (Lipinski definition) is 1. The third kappa shape index (κ3) is 6.88. The molecule has 0 saturated carbocycles. The quantitative estimate of drug-likeness (QED) is 0.332. The molecule has 0 aliphatic rings. The number of halogens is 1. The van der Waals surface area contributed by atoms with Gasteiger partial charge >= 0.3 is 17.9 Å². The lowest BCUT2D eigenvalue weighted by atomic mass is 10.2. The van der Waals surface area contributed by atoms with Crippen LogP contribution in [-0.4, -0.2) is 35.4 Å². The molecule has 0 fully saturated rings. The summed E-state index contributed by atoms with van der Waals surface area (Å²) in [6, 6.07) is 4.56. The Hall–Kier alpha value is -2.48. The SMILES string of the molecule is CC(CC(=O)Oc1ccc(Br)cc1C=O)OC(=O)/C=C/C(=O)O. The zero-order chi connectivity index (χ0) is 17.4. The van der Waals surface area contributed by atoms with Crippen LogP contribution >= 0.6 is 15.9 Å². The van der Waals surface area contributed by atoms with E-state index in [1.54, 1.807) is 6.07 Å². The first-order valence-electron chi connectivity index (χ1n) is 6.39. The zero-order valence-corrected chi connectivity index (χ0v) is 13.6. The van der Waals surface area contributed by atoms with E-state index in [1.807, 2.05) is 0 Å². The van der Waals surface area contributed by atoms with Gasteiger partial charge in [-0.2, -0.15) is 0 Å². The Morgan fingerprint density at radius 1 is 1.30 bits per heavy atom. The van der Waals surface area contributed by atoms with Crippen molar-refractivity contribution in [3.05, 3.63) is 40.4 Å². The smallest absolute Gasteiger partial charge is 0.331 e. The lowest BCUT2D eigenvalue weighted by Crippen LogP contribution is -2.21. The highest BCUT2D eigenvalue weighted by Crippen LogP contribution is 2.22. The highest BCUT2D eigenvalue weighted by molar-refractivity contribution is 9.10. The minimum atomic E-state index is -1.29. The van der Waals surface area contributed by atoms with Crippen molar-refractivity contribution >= 4 is 40.1 Å². The molecule has 0 aromatic heterocycles. The number of hydrogen-bond acceptors (Lipinski definition) is 6. The van der Waals surface area contributed by atoms with Crippen molar-refractivity contribution in [1.82, 2.24) is 0 Å². The van der Waals surface area contributed by atoms with Gasteiger partial charge in [-0.25, -0.2) is 9.59 Å². The van der Waals surface area contributed by atoms with Gasteiger partial charge in [0.05, 0.1) is 12.0 Å². The van der Waals surface area contributed by atoms with Gasteiger partial charge in [0.25, 0.3) is 0 Å². The van der Waals surface area contributed by atoms with Crippen LogP contribution in [0.3, 0.4) is 0 Å². The van der Waals surface area contributed by atoms with E-state index in [2.05, 4.69) is 15.9 Å². The van der Waals surface area contributed by atoms with Gasteiger partial charge in [-0.1, -0.05) is 15.9 Å². The summed E-state index contributed by atoms with van der Waals surface area (Å²) in [6.07, 6.45) is 0.854. The van der Waals surface area contributed by atoms with Crippen molar-refractivity contribution < 1.29 is 33.8 Å². The molecule has 8 heteroatoms. The zero-order valence-electron chi connectivity index (χ0n) is 12.0. The number of esters is 2. The summed E-state index contributed by atoms with van der Waals surface area (Å²) in [5, 5.41) is 8.37. The highest BCUT2D eigenvalue weighted by atomic mass is 79.9. The van der Waals surface area contributed by atoms with E-state index in [1.165, 1.54) is 19.1 Å². The van der Waals surface area contributed by atoms with Gasteiger partial charge in [-0.05, 0) is 25.1 Å². The Labute approximate surface area is 140 Å². The minimum absolute atomic E-state index is 0.0949. The normalized spacial score (nSPS) is 11.7. The fraction of sp³-hybridized carbons (Fsp3) is 0.200. The number of rotatable bonds is 7. The van der Waals surface area contributed by atoms with Gasteiger partial charge in [0.1, 0.15) is 11.9 Å². The summed E-state index contributed by atoms with van der Waals surface area (Å²) in [7, 11) is 0. The molecule has 1 rings (SSSR count). The molecular weight excluding hydrogens is 372 g/mol. The Bertz CT molecular complexity index is 651. The molecule has 0 aliphatic heterocycles. The highest BCUT2D eigenvalue weighted by Gasteiger charge is 2.16. The third-order valence-electron chi connectivity index (χ3n) is 2.46. The number of aliphatic carboxylic acids is 1. The molecule has 1 aromatic rings. The molecular formula is C15H13BrO7. The third-order valence-corrected chi connectivity index (χ3v) is 2.95. The summed E-state index contributed by atoms with van der Waals surface area (Å²) in [5.41, 5.74) is 0.196. The Balaban J connectivity index is 2.58. The maximum atomic E-state index is 11.8. The first-order chi connectivity index (χ1) is 10.8. The molecule has 0 amide bonds. The van der Waals surface area contributed by atoms with Crippen LogP contribution in [0.5, 0.6) is 5.75 Å². The van der Waals surface area contributed by atoms with Gasteiger partial charge < -0.3 is 14.6 Å². The van der Waals surface area contributed by atoms with E-state index in [4.69, 9.17) is 14.6 Å². The molecule has 1 unspecified atom stereocenters. The van der Waals surface area contributed by atoms with Crippen LogP contribution in [0.2, 0.25) is 0 Å². The molecule has 122 valence electrons. The summed E-state index contributed by atoms with van der Waals surface area (Å²) in [6.45, 7) is 1.45. The van der Waals surface area contributed by atoms with Crippen LogP contribution in [0, 0.1) is 0 Å². The molecule has 23 heavy (non-hydrogen) atoms. The number of benzene rings is 1. The van der Waals surface area contributed by atoms with Crippen LogP contribution in [-0.2, 0) is 19.1 Å². The van der Waals surface area contributed by atoms with Crippen LogP contribution < -0.4 is 4.74 Å². The molecule has 0 radical (unpaired) electrons. The molecule has 0 aliphatic carbocycles. The lowest BCUT2D eigenvalue weighted by Gasteiger charge is -2.12. The number of carboxylic acid groups (broad SMARTS) is 1. The Morgan fingerprint density at radius 3 is 2.61 bits per heavy atom. The van der Waals surface area contributed by atoms with E-state index in [0.717, 1.165) is 6.08 Å². The second kappa shape index (κ2) is 8.84. The van der Waals surface area contributed by atoms with Crippen molar-refractivity contribution in [2.75, 3.05) is 0 Å². The van der Waals surface area contributed by atoms with E-state index in [9.17, 15) is 19.2 Å². The van der Waals surface area contributed by atoms with E-state index < -0.39 is 24.0 Å². The summed E-state index contributed by atoms with van der Waals surface area (Å²) in [5.74, 6) is -2.77. The van der Waals surface area contributed by atoms with Gasteiger partial charge in [-0.3, -0.25) is 9.59 Å². The van der Waals surface area contributed by atoms with Crippen molar-refractivity contribution in [2.45, 2.75) is 19.4 Å². The van der Waals surface area contributed by atoms with Crippen molar-refractivity contribution in [1.29, 1.82) is 0 Å². The maximum absolute atomic E-state index is 11.8. The first-order valence-corrected chi connectivity index (χ1v) is 7.18. The summed E-state index contributed by atoms with van der Waals surface area (Å²) >= 11 is 3.19. The molecule has 0 saturated heterocycles. The number of aldehydes is 1. The largest absolute Gasteiger partial charge is 0.478 e. The Kier molecular flexibility index (Phi) is 7.14. The standard InChI is InChI=1S/C15H13BrO7/c1-9(22-14(20)5-4-13(18)19)6-15(21)23-12-3-2-11(16)7-10(12)8-17/h2-5,7-9H,6H2,1H3,(H,18,19)/b5-4+. The van der Waals surface area contributed by atoms with Gasteiger partial charge in [0.2, 0.25) is 0 Å². The van der Waals surface area contributed by atoms with Crippen LogP contribution in [0.4, 0.5) is 0 Å². The Morgan fingerprint density at radius 2 is 2.00 bits per heavy atom. The number of carbonyl (C=O) groups excluding carboxylic acids is 3. The topological polar surface area (TPSA) is 107 Å². The van der Waals surface area contributed by atoms with Gasteiger partial charge in [0.15, 0.2) is 6.29 Å². The average Bonchev–Trinajstić information content (AvgIpc) is 2.46. The fourth-order valence-electron chi connectivity index (χ4n) is 1.52. The molecule has 0 heterocycles. The maximum Gasteiger partial charge on any atom is 0.331 e. The first kappa shape index (κ1) is 18.6. The predicted octanol–water partition coefficient (Wildman–Crippen LogP) is 2.13. The molecule has 1 N–H and O–H groups in total. The number of carbonyl (C=O) groups is 4. The summed E-state index contributed by atoms with van der Waals surface area (Å²) in [4.78, 5) is 44.2. The number of ether oxygens (including phenoxy) is 2. The summed E-state index contributed by atoms with van der Waals surface area (Å²) < 4.78 is 10.5. The van der Waals surface area contributed by atoms with Crippen molar-refractivity contribution in [3.63, 3.8) is 0 Å². The lowest BCUT2D eigenvalue weighted by molar-refractivity contribution is -0.147. The fourth-order valence-corrected chi connectivity index (χ4v) is 1.90. The number of carboxylic acids is 1. The van der Waals surface area contributed by atoms with E-state index in [0.29, 0.717) is 16.8 Å². The van der Waals surface area contributed by atoms with Gasteiger partial charge in [0, 0.05) is 16.6 Å². The average molecular weight is 385 g/mol. The van der Waals surface area contributed by atoms with Crippen molar-refractivity contribution in [2.24, 2.45) is 0 Å². The van der Waals surface area contributed by atoms with Crippen LogP contribution in [0.1, 0.15) is 23.7 Å². The van der Waals surface area contributed by atoms with Gasteiger partial charge in [-0.15, -0.1) is 0 Å². The molecule has 7 nitrogen and oxygen atoms in total. The monoisotopic (exact) mass is 384 g/mol. The second-order valence-corrected chi connectivity index (χ2v) is 5.31. The van der Waals surface area contributed by atoms with Crippen molar-refractivity contribution in [3.8, 4) is 5.75 Å². The van der Waals surface area contributed by atoms with E-state index in [-0.39, 0.29) is 17.7 Å². The molecule has 1 atom stereocenters. The molecule has 0 bridgehead atoms. The van der Waals surface area contributed by atoms with Crippen LogP contribution in [0.15, 0.2) is 34.8 Å². The molecule has 1 aromatic carbocycles. The molecule has 0 spiro atoms. The predicted molar refractivity (Wildman–Crippen MR) is 82.1 cm³/mol. The minimum Gasteiger partial charge on any atom is -0.478 e. The van der Waals surface area contributed by atoms with E-state index >= 15 is 0 Å².